The smallest absolute Gasteiger partial charge is 0.343 e. The molecule has 2 atom stereocenters. The third kappa shape index (κ3) is 12.0. The molecule has 8 rings (SSSR count). The molecule has 0 saturated carbocycles. The molecule has 6 heterocycles. The zero-order chi connectivity index (χ0) is 45.2. The molecule has 2 unspecified atom stereocenters. The second kappa shape index (κ2) is 24.6. The van der Waals surface area contributed by atoms with Crippen LogP contribution in [0.3, 0.4) is 0 Å². The van der Waals surface area contributed by atoms with Gasteiger partial charge in [0.25, 0.3) is 0 Å². The number of unbranched alkanes of at least 4 members (excludes halogenated alkanes) is 2. The minimum atomic E-state index is -1.17. The third-order valence-corrected chi connectivity index (χ3v) is 17.3. The van der Waals surface area contributed by atoms with Crippen LogP contribution in [0.15, 0.2) is 92.2 Å². The quantitative estimate of drug-likeness (QED) is 0.0686. The lowest BCUT2D eigenvalue weighted by Crippen LogP contribution is -2.12. The number of aliphatic hydroxyl groups is 1. The van der Waals surface area contributed by atoms with E-state index in [1.165, 1.54) is 52.5 Å². The van der Waals surface area contributed by atoms with E-state index >= 15 is 0 Å². The first-order chi connectivity index (χ1) is 31.1. The molecule has 0 saturated heterocycles. The van der Waals surface area contributed by atoms with Gasteiger partial charge >= 0.3 is 5.97 Å². The lowest BCUT2D eigenvalue weighted by molar-refractivity contribution is -0.142. The van der Waals surface area contributed by atoms with Crippen LogP contribution in [0.1, 0.15) is 54.4 Å². The number of anilines is 2. The molecule has 0 aliphatic heterocycles. The lowest BCUT2D eigenvalue weighted by atomic mass is 10.0. The van der Waals surface area contributed by atoms with Crippen molar-refractivity contribution in [1.29, 1.82) is 0 Å². The number of thiazole rings is 2. The van der Waals surface area contributed by atoms with Crippen LogP contribution in [-0.2, 0) is 31.1 Å². The van der Waals surface area contributed by atoms with Gasteiger partial charge in [0.05, 0.1) is 46.7 Å². The molecule has 13 nitrogen and oxygen atoms in total. The van der Waals surface area contributed by atoms with Gasteiger partial charge in [0.15, 0.2) is 6.61 Å². The Morgan fingerprint density at radius 2 is 1.14 bits per heavy atom. The van der Waals surface area contributed by atoms with E-state index in [4.69, 9.17) is 36.0 Å². The van der Waals surface area contributed by atoms with Crippen LogP contribution >= 0.6 is 45.3 Å². The number of aliphatic hydroxyl groups excluding tert-OH is 1. The first kappa shape index (κ1) is 51.8. The van der Waals surface area contributed by atoms with Crippen molar-refractivity contribution in [2.24, 2.45) is 0 Å². The molecule has 5 N–H and O–H groups in total. The van der Waals surface area contributed by atoms with E-state index < -0.39 is 27.6 Å². The van der Waals surface area contributed by atoms with E-state index in [2.05, 4.69) is 28.6 Å². The summed E-state index contributed by atoms with van der Waals surface area (Å²) < 4.78 is 42.7. The first-order valence-electron chi connectivity index (χ1n) is 20.3. The Labute approximate surface area is 406 Å². The number of nitrogens with two attached hydrogens (primary N) is 2. The van der Waals surface area contributed by atoms with E-state index in [1.807, 2.05) is 59.3 Å². The largest absolute Gasteiger partial charge is 0.491 e. The number of esters is 1. The van der Waals surface area contributed by atoms with E-state index in [9.17, 15) is 13.2 Å². The fourth-order valence-electron chi connectivity index (χ4n) is 6.48. The number of benzene rings is 2. The normalized spacial score (nSPS) is 11.8. The molecule has 0 radical (unpaired) electrons. The highest BCUT2D eigenvalue weighted by atomic mass is 32.2. The molecule has 6 aromatic heterocycles. The maximum Gasteiger partial charge on any atom is 0.343 e. The van der Waals surface area contributed by atoms with Crippen molar-refractivity contribution in [3.63, 3.8) is 0 Å². The van der Waals surface area contributed by atoms with Crippen LogP contribution < -0.4 is 20.9 Å². The van der Waals surface area contributed by atoms with Crippen molar-refractivity contribution in [1.82, 2.24) is 19.9 Å². The molecular formula is C47H54N6O7S6. The molecule has 19 heteroatoms. The monoisotopic (exact) mass is 1010 g/mol. The molecule has 66 heavy (non-hydrogen) atoms. The number of ether oxygens (including phenoxy) is 3. The van der Waals surface area contributed by atoms with E-state index in [-0.39, 0.29) is 34.7 Å². The van der Waals surface area contributed by atoms with Gasteiger partial charge in [-0.1, -0.05) is 65.8 Å². The number of carbonyl (C=O) groups is 1. The molecule has 0 bridgehead atoms. The van der Waals surface area contributed by atoms with Gasteiger partial charge in [-0.15, -0.1) is 45.3 Å². The second-order valence-corrected chi connectivity index (χ2v) is 21.4. The number of fused-ring (bicyclic) bond motifs is 2. The van der Waals surface area contributed by atoms with Gasteiger partial charge in [-0.3, -0.25) is 8.42 Å². The number of rotatable bonds is 18. The van der Waals surface area contributed by atoms with Crippen molar-refractivity contribution in [3.8, 4) is 55.2 Å². The second-order valence-electron chi connectivity index (χ2n) is 14.0. The predicted octanol–water partition coefficient (Wildman–Crippen LogP) is 11.3. The minimum Gasteiger partial charge on any atom is -0.491 e. The number of nitrogen functional groups attached to an aromatic ring is 2. The molecule has 0 amide bonds. The van der Waals surface area contributed by atoms with Gasteiger partial charge in [0.2, 0.25) is 0 Å². The number of thiophene rings is 2. The van der Waals surface area contributed by atoms with Gasteiger partial charge in [-0.25, -0.2) is 24.7 Å². The molecular weight excluding hydrogens is 953 g/mol. The Balaban J connectivity index is 0.000000241. The Bertz CT molecular complexity index is 2870. The zero-order valence-electron chi connectivity index (χ0n) is 35.2. The van der Waals surface area contributed by atoms with Crippen LogP contribution in [-0.4, -0.2) is 77.9 Å². The summed E-state index contributed by atoms with van der Waals surface area (Å²) in [5.41, 5.74) is 19.3. The van der Waals surface area contributed by atoms with Crippen LogP contribution in [0.5, 0.6) is 11.5 Å². The zero-order valence-corrected chi connectivity index (χ0v) is 40.1. The fourth-order valence-corrected chi connectivity index (χ4v) is 13.3. The number of pyridine rings is 2. The van der Waals surface area contributed by atoms with Crippen LogP contribution in [0.25, 0.3) is 64.1 Å². The van der Waals surface area contributed by atoms with Crippen molar-refractivity contribution in [3.05, 3.63) is 83.8 Å². The summed E-state index contributed by atoms with van der Waals surface area (Å²) in [5.74, 6) is 1.96. The van der Waals surface area contributed by atoms with Crippen molar-refractivity contribution >= 4 is 105 Å². The first-order valence-corrected chi connectivity index (χ1v) is 26.3. The lowest BCUT2D eigenvalue weighted by Gasteiger charge is -2.09. The number of carbonyl (C=O) groups excluding carboxylic acids is 1. The molecule has 0 aliphatic carbocycles. The Hall–Kier alpha value is -5.15. The highest BCUT2D eigenvalue weighted by Gasteiger charge is 2.23. The number of nitrogens with zero attached hydrogens (tertiary/aromatic N) is 4. The van der Waals surface area contributed by atoms with Gasteiger partial charge in [-0.2, -0.15) is 0 Å². The van der Waals surface area contributed by atoms with Crippen molar-refractivity contribution in [2.45, 2.75) is 62.8 Å². The highest BCUT2D eigenvalue weighted by Crippen LogP contribution is 2.45. The number of methoxy groups -OCH3 is 1. The van der Waals surface area contributed by atoms with Crippen LogP contribution in [0.4, 0.5) is 11.4 Å². The summed E-state index contributed by atoms with van der Waals surface area (Å²) >= 11 is 5.82. The van der Waals surface area contributed by atoms with Crippen molar-refractivity contribution in [2.75, 3.05) is 49.9 Å². The summed E-state index contributed by atoms with van der Waals surface area (Å²) in [6.07, 6.45) is 7.22. The van der Waals surface area contributed by atoms with Gasteiger partial charge in [-0.05, 0) is 71.5 Å². The topological polar surface area (TPSA) is 203 Å². The number of hydrogen-bond donors (Lipinski definition) is 3. The maximum atomic E-state index is 12.9. The minimum absolute atomic E-state index is 0. The average molecular weight is 1010 g/mol. The molecule has 350 valence electrons. The summed E-state index contributed by atoms with van der Waals surface area (Å²) in [7, 11) is -0.999. The standard InChI is InChI=1S/C23H23N3O4S3.C22H23N3O3S3.2CH4/c1-3-4-11-33(28)23-20(24)19-16(12-17(26-22(19)32-23)21-25-9-10-31-21)14-5-7-15(8-6-14)30-13-18(27)29-2;1-2-3-12-31(27)22-19(23)18-16(14-4-6-15(7-5-14)28-10-9-26)13-17(25-21(18)30-22)20-24-8-11-29-20;;/h5-10,12H,3-4,11,13,24H2,1-2H3;4-8,11,13,26H,2-3,9-10,12,23H2,1H3;2*1H4. The Morgan fingerprint density at radius 1 is 0.697 bits per heavy atom. The summed E-state index contributed by atoms with van der Waals surface area (Å²) in [4.78, 5) is 31.2. The van der Waals surface area contributed by atoms with Gasteiger partial charge in [0, 0.05) is 45.4 Å². The molecule has 0 fully saturated rings. The number of hydrogen-bond acceptors (Lipinski definition) is 17. The predicted molar refractivity (Wildman–Crippen MR) is 277 cm³/mol. The molecule has 2 aromatic carbocycles. The molecule has 0 spiro atoms. The van der Waals surface area contributed by atoms with Crippen LogP contribution in [0.2, 0.25) is 0 Å². The highest BCUT2D eigenvalue weighted by molar-refractivity contribution is 7.88. The van der Waals surface area contributed by atoms with E-state index in [0.717, 1.165) is 89.8 Å². The molecule has 8 aromatic rings. The maximum absolute atomic E-state index is 12.9. The Kier molecular flexibility index (Phi) is 19.3. The summed E-state index contributed by atoms with van der Waals surface area (Å²) in [5, 5.41) is 16.0. The Morgan fingerprint density at radius 3 is 1.52 bits per heavy atom. The summed E-state index contributed by atoms with van der Waals surface area (Å²) in [6, 6.07) is 19.0. The van der Waals surface area contributed by atoms with Crippen molar-refractivity contribution < 1.29 is 32.5 Å². The van der Waals surface area contributed by atoms with E-state index in [1.54, 1.807) is 24.5 Å². The molecule has 0 aliphatic rings. The van der Waals surface area contributed by atoms with Crippen LogP contribution in [0, 0.1) is 0 Å². The van der Waals surface area contributed by atoms with Gasteiger partial charge < -0.3 is 30.8 Å². The summed E-state index contributed by atoms with van der Waals surface area (Å²) in [6.45, 7) is 4.21. The SMILES string of the molecule is C.C.CCCCS(=O)c1sc2nc(-c3nccs3)cc(-c3ccc(OCC(=O)OC)cc3)c2c1N.CCCCS(=O)c1sc2nc(-c3nccs3)cc(-c3ccc(OCCO)cc3)c2c1N. The van der Waals surface area contributed by atoms with Gasteiger partial charge in [0.1, 0.15) is 57.6 Å². The third-order valence-electron chi connectivity index (χ3n) is 9.69. The number of aromatic nitrogens is 4. The fraction of sp³-hybridized carbons (Fsp3) is 0.298. The van der Waals surface area contributed by atoms with E-state index in [0.29, 0.717) is 42.8 Å². The average Bonchev–Trinajstić information content (AvgIpc) is 4.17.